The predicted molar refractivity (Wildman–Crippen MR) is 78.6 cm³/mol. The molecule has 1 spiro atoms. The van der Waals surface area contributed by atoms with Gasteiger partial charge in [0.1, 0.15) is 0 Å². The number of amides is 2. The molecule has 1 aromatic carbocycles. The van der Waals surface area contributed by atoms with Gasteiger partial charge in [-0.2, -0.15) is 0 Å². The molecule has 6 nitrogen and oxygen atoms in total. The molecule has 1 aromatic rings. The molecule has 0 saturated carbocycles. The lowest BCUT2D eigenvalue weighted by Crippen LogP contribution is -2.44. The van der Waals surface area contributed by atoms with Gasteiger partial charge in [0.25, 0.3) is 5.91 Å². The molecule has 2 aliphatic rings. The summed E-state index contributed by atoms with van der Waals surface area (Å²) in [6.45, 7) is 1.98. The maximum atomic E-state index is 12.4. The number of benzene rings is 1. The second kappa shape index (κ2) is 5.44. The Bertz CT molecular complexity index is 616. The van der Waals surface area contributed by atoms with Gasteiger partial charge in [-0.3, -0.25) is 9.59 Å². The Labute approximate surface area is 128 Å². The lowest BCUT2D eigenvalue weighted by Gasteiger charge is -2.38. The first-order valence-corrected chi connectivity index (χ1v) is 7.38. The third-order valence-electron chi connectivity index (χ3n) is 4.69. The molecule has 116 valence electrons. The molecule has 2 fully saturated rings. The van der Waals surface area contributed by atoms with Gasteiger partial charge in [0.2, 0.25) is 5.91 Å². The van der Waals surface area contributed by atoms with E-state index in [-0.39, 0.29) is 22.8 Å². The van der Waals surface area contributed by atoms with Gasteiger partial charge in [-0.25, -0.2) is 4.79 Å². The zero-order valence-electron chi connectivity index (χ0n) is 12.2. The lowest BCUT2D eigenvalue weighted by molar-refractivity contribution is -0.119. The number of piperidine rings is 1. The molecule has 2 N–H and O–H groups in total. The summed E-state index contributed by atoms with van der Waals surface area (Å²) in [5.41, 5.74) is 0.687. The van der Waals surface area contributed by atoms with Crippen molar-refractivity contribution in [2.75, 3.05) is 19.6 Å². The zero-order chi connectivity index (χ0) is 15.7. The van der Waals surface area contributed by atoms with Gasteiger partial charge in [-0.1, -0.05) is 0 Å². The molecule has 0 aliphatic carbocycles. The Morgan fingerprint density at radius 2 is 1.68 bits per heavy atom. The van der Waals surface area contributed by atoms with E-state index in [2.05, 4.69) is 5.32 Å². The van der Waals surface area contributed by atoms with Crippen LogP contribution < -0.4 is 5.32 Å². The van der Waals surface area contributed by atoms with Crippen molar-refractivity contribution >= 4 is 17.8 Å². The number of rotatable bonds is 2. The summed E-state index contributed by atoms with van der Waals surface area (Å²) in [5, 5.41) is 11.7. The van der Waals surface area contributed by atoms with Crippen molar-refractivity contribution < 1.29 is 19.5 Å². The van der Waals surface area contributed by atoms with E-state index in [1.165, 1.54) is 12.1 Å². The van der Waals surface area contributed by atoms with Crippen molar-refractivity contribution in [1.82, 2.24) is 10.2 Å². The molecule has 2 aliphatic heterocycles. The van der Waals surface area contributed by atoms with Crippen LogP contribution in [0, 0.1) is 5.41 Å². The molecule has 2 saturated heterocycles. The maximum absolute atomic E-state index is 12.4. The Morgan fingerprint density at radius 1 is 1.09 bits per heavy atom. The minimum atomic E-state index is -1.00. The van der Waals surface area contributed by atoms with E-state index in [4.69, 9.17) is 5.11 Å². The Kier molecular flexibility index (Phi) is 3.60. The van der Waals surface area contributed by atoms with Crippen molar-refractivity contribution in [2.45, 2.75) is 19.3 Å². The van der Waals surface area contributed by atoms with Gasteiger partial charge in [-0.05, 0) is 42.5 Å². The van der Waals surface area contributed by atoms with Gasteiger partial charge in [0.05, 0.1) is 5.56 Å². The fourth-order valence-electron chi connectivity index (χ4n) is 3.23. The van der Waals surface area contributed by atoms with Crippen molar-refractivity contribution in [2.24, 2.45) is 5.41 Å². The van der Waals surface area contributed by atoms with Crippen LogP contribution in [0.2, 0.25) is 0 Å². The summed E-state index contributed by atoms with van der Waals surface area (Å²) in [6.07, 6.45) is 2.21. The summed E-state index contributed by atoms with van der Waals surface area (Å²) < 4.78 is 0. The lowest BCUT2D eigenvalue weighted by atomic mass is 9.77. The third kappa shape index (κ3) is 2.68. The predicted octanol–water partition coefficient (Wildman–Crippen LogP) is 1.13. The molecule has 0 aromatic heterocycles. The molecule has 0 radical (unpaired) electrons. The SMILES string of the molecule is O=C1CC2(CCN(C(=O)c3ccc(C(=O)O)cc3)CC2)CN1. The number of carbonyl (C=O) groups excluding carboxylic acids is 2. The first-order valence-electron chi connectivity index (χ1n) is 7.38. The Hall–Kier alpha value is -2.37. The average Bonchev–Trinajstić information content (AvgIpc) is 2.88. The number of nitrogens with one attached hydrogen (secondary N) is 1. The molecule has 0 atom stereocenters. The second-order valence-electron chi connectivity index (χ2n) is 6.13. The van der Waals surface area contributed by atoms with Crippen LogP contribution in [-0.4, -0.2) is 47.4 Å². The highest BCUT2D eigenvalue weighted by atomic mass is 16.4. The topological polar surface area (TPSA) is 86.7 Å². The van der Waals surface area contributed by atoms with Crippen LogP contribution >= 0.6 is 0 Å². The molecule has 2 amide bonds. The quantitative estimate of drug-likeness (QED) is 0.857. The summed E-state index contributed by atoms with van der Waals surface area (Å²) in [4.78, 5) is 36.5. The van der Waals surface area contributed by atoms with E-state index < -0.39 is 5.97 Å². The minimum Gasteiger partial charge on any atom is -0.478 e. The standard InChI is InChI=1S/C16H18N2O4/c19-13-9-16(10-17-13)5-7-18(8-6-16)14(20)11-1-3-12(4-2-11)15(21)22/h1-4H,5-10H2,(H,17,19)(H,21,22). The molecule has 2 heterocycles. The number of hydrogen-bond acceptors (Lipinski definition) is 3. The number of nitrogens with zero attached hydrogens (tertiary/aromatic N) is 1. The molecular formula is C16H18N2O4. The van der Waals surface area contributed by atoms with E-state index in [0.717, 1.165) is 12.8 Å². The van der Waals surface area contributed by atoms with Crippen LogP contribution in [0.15, 0.2) is 24.3 Å². The van der Waals surface area contributed by atoms with Crippen molar-refractivity contribution in [1.29, 1.82) is 0 Å². The highest BCUT2D eigenvalue weighted by molar-refractivity contribution is 5.96. The van der Waals surface area contributed by atoms with Crippen molar-refractivity contribution in [3.05, 3.63) is 35.4 Å². The second-order valence-corrected chi connectivity index (χ2v) is 6.13. The van der Waals surface area contributed by atoms with Gasteiger partial charge in [0, 0.05) is 31.6 Å². The summed E-state index contributed by atoms with van der Waals surface area (Å²) in [5.74, 6) is -0.981. The largest absolute Gasteiger partial charge is 0.478 e. The summed E-state index contributed by atoms with van der Waals surface area (Å²) >= 11 is 0. The van der Waals surface area contributed by atoms with E-state index >= 15 is 0 Å². The third-order valence-corrected chi connectivity index (χ3v) is 4.69. The number of likely N-dealkylation sites (tertiary alicyclic amines) is 1. The van der Waals surface area contributed by atoms with Crippen molar-refractivity contribution in [3.63, 3.8) is 0 Å². The fraction of sp³-hybridized carbons (Fsp3) is 0.438. The Balaban J connectivity index is 1.64. The van der Waals surface area contributed by atoms with Crippen LogP contribution in [0.4, 0.5) is 0 Å². The normalized spacial score (nSPS) is 20.0. The van der Waals surface area contributed by atoms with Crippen molar-refractivity contribution in [3.8, 4) is 0 Å². The van der Waals surface area contributed by atoms with Gasteiger partial charge >= 0.3 is 5.97 Å². The fourth-order valence-corrected chi connectivity index (χ4v) is 3.23. The number of hydrogen-bond donors (Lipinski definition) is 2. The molecule has 6 heteroatoms. The minimum absolute atomic E-state index is 0.0149. The first kappa shape index (κ1) is 14.6. The van der Waals surface area contributed by atoms with Crippen LogP contribution in [0.1, 0.15) is 40.0 Å². The summed E-state index contributed by atoms with van der Waals surface area (Å²) in [7, 11) is 0. The highest BCUT2D eigenvalue weighted by Crippen LogP contribution is 2.37. The highest BCUT2D eigenvalue weighted by Gasteiger charge is 2.41. The van der Waals surface area contributed by atoms with Crippen LogP contribution in [0.5, 0.6) is 0 Å². The molecule has 22 heavy (non-hydrogen) atoms. The number of carboxylic acid groups (broad SMARTS) is 1. The molecular weight excluding hydrogens is 284 g/mol. The number of carboxylic acids is 1. The number of aromatic carboxylic acids is 1. The van der Waals surface area contributed by atoms with Crippen LogP contribution in [0.3, 0.4) is 0 Å². The zero-order valence-corrected chi connectivity index (χ0v) is 12.2. The van der Waals surface area contributed by atoms with Gasteiger partial charge < -0.3 is 15.3 Å². The van der Waals surface area contributed by atoms with Gasteiger partial charge in [0.15, 0.2) is 0 Å². The van der Waals surface area contributed by atoms with E-state index in [1.54, 1.807) is 17.0 Å². The van der Waals surface area contributed by atoms with E-state index in [0.29, 0.717) is 31.6 Å². The molecule has 0 unspecified atom stereocenters. The smallest absolute Gasteiger partial charge is 0.335 e. The monoisotopic (exact) mass is 302 g/mol. The van der Waals surface area contributed by atoms with Crippen LogP contribution in [-0.2, 0) is 4.79 Å². The first-order chi connectivity index (χ1) is 10.5. The Morgan fingerprint density at radius 3 is 2.18 bits per heavy atom. The number of carbonyl (C=O) groups is 3. The average molecular weight is 302 g/mol. The van der Waals surface area contributed by atoms with Gasteiger partial charge in [-0.15, -0.1) is 0 Å². The maximum Gasteiger partial charge on any atom is 0.335 e. The van der Waals surface area contributed by atoms with E-state index in [1.807, 2.05) is 0 Å². The van der Waals surface area contributed by atoms with E-state index in [9.17, 15) is 14.4 Å². The molecule has 3 rings (SSSR count). The van der Waals surface area contributed by atoms with Crippen LogP contribution in [0.25, 0.3) is 0 Å². The molecule has 0 bridgehead atoms. The summed E-state index contributed by atoms with van der Waals surface area (Å²) in [6, 6.07) is 5.99.